The van der Waals surface area contributed by atoms with Crippen molar-refractivity contribution in [1.29, 1.82) is 0 Å². The number of anilines is 1. The Morgan fingerprint density at radius 2 is 2.05 bits per heavy atom. The van der Waals surface area contributed by atoms with Crippen LogP contribution in [0.3, 0.4) is 0 Å². The van der Waals surface area contributed by atoms with E-state index in [1.54, 1.807) is 0 Å². The monoisotopic (exact) mass is 300 g/mol. The first-order valence-corrected chi connectivity index (χ1v) is 7.44. The second-order valence-corrected chi connectivity index (χ2v) is 5.62. The number of hydrogen-bond donors (Lipinski definition) is 2. The molecule has 0 amide bonds. The average Bonchev–Trinajstić information content (AvgIpc) is 2.92. The van der Waals surface area contributed by atoms with Crippen molar-refractivity contribution < 1.29 is 9.84 Å². The fourth-order valence-corrected chi connectivity index (χ4v) is 2.60. The lowest BCUT2D eigenvalue weighted by atomic mass is 9.87. The summed E-state index contributed by atoms with van der Waals surface area (Å²) in [6.07, 6.45) is 5.23. The Hall–Kier alpha value is -1.14. The molecule has 0 atom stereocenters. The van der Waals surface area contributed by atoms with Crippen molar-refractivity contribution in [1.82, 2.24) is 15.0 Å². The molecule has 1 aliphatic rings. The van der Waals surface area contributed by atoms with Gasteiger partial charge >= 0.3 is 6.01 Å². The van der Waals surface area contributed by atoms with E-state index in [-0.39, 0.29) is 23.3 Å². The standard InChI is InChI=1S/C13H21ClN4O2/c1-2-7-20-12-17-10(14)16-11(18-12)15-8-13(9-19)5-3-4-6-13/h19H,2-9H2,1H3,(H,15,16,17,18). The normalized spacial score (nSPS) is 17.1. The van der Waals surface area contributed by atoms with Gasteiger partial charge in [0.1, 0.15) is 0 Å². The van der Waals surface area contributed by atoms with Gasteiger partial charge in [0.2, 0.25) is 11.2 Å². The zero-order valence-electron chi connectivity index (χ0n) is 11.7. The van der Waals surface area contributed by atoms with E-state index < -0.39 is 0 Å². The van der Waals surface area contributed by atoms with Crippen LogP contribution in [0, 0.1) is 5.41 Å². The molecule has 0 bridgehead atoms. The predicted molar refractivity (Wildman–Crippen MR) is 77.1 cm³/mol. The van der Waals surface area contributed by atoms with Gasteiger partial charge in [0.25, 0.3) is 0 Å². The number of hydrogen-bond acceptors (Lipinski definition) is 6. The molecule has 0 aromatic carbocycles. The summed E-state index contributed by atoms with van der Waals surface area (Å²) in [4.78, 5) is 12.1. The van der Waals surface area contributed by atoms with Crippen LogP contribution in [-0.2, 0) is 0 Å². The van der Waals surface area contributed by atoms with Crippen LogP contribution >= 0.6 is 11.6 Å². The van der Waals surface area contributed by atoms with E-state index in [1.165, 1.54) is 0 Å². The van der Waals surface area contributed by atoms with Gasteiger partial charge in [0.15, 0.2) is 0 Å². The van der Waals surface area contributed by atoms with Crippen LogP contribution in [0.5, 0.6) is 6.01 Å². The first-order valence-electron chi connectivity index (χ1n) is 7.06. The molecule has 2 N–H and O–H groups in total. The van der Waals surface area contributed by atoms with E-state index in [1.807, 2.05) is 6.92 Å². The first-order chi connectivity index (χ1) is 9.67. The minimum atomic E-state index is -0.0659. The molecule has 1 aliphatic carbocycles. The van der Waals surface area contributed by atoms with Crippen molar-refractivity contribution in [3.05, 3.63) is 5.28 Å². The maximum Gasteiger partial charge on any atom is 0.322 e. The molecule has 112 valence electrons. The Kier molecular flexibility index (Phi) is 5.37. The zero-order chi connectivity index (χ0) is 14.4. The highest BCUT2D eigenvalue weighted by atomic mass is 35.5. The molecule has 1 aromatic rings. The lowest BCUT2D eigenvalue weighted by molar-refractivity contribution is 0.142. The molecule has 2 rings (SSSR count). The number of aliphatic hydroxyl groups excluding tert-OH is 1. The molecule has 0 aliphatic heterocycles. The van der Waals surface area contributed by atoms with Crippen LogP contribution in [0.2, 0.25) is 5.28 Å². The van der Waals surface area contributed by atoms with E-state index in [4.69, 9.17) is 16.3 Å². The van der Waals surface area contributed by atoms with Crippen molar-refractivity contribution >= 4 is 17.5 Å². The Morgan fingerprint density at radius 1 is 1.30 bits per heavy atom. The molecule has 1 heterocycles. The molecule has 1 fully saturated rings. The maximum atomic E-state index is 9.58. The topological polar surface area (TPSA) is 80.2 Å². The van der Waals surface area contributed by atoms with Crippen LogP contribution in [0.25, 0.3) is 0 Å². The van der Waals surface area contributed by atoms with Gasteiger partial charge in [-0.3, -0.25) is 0 Å². The van der Waals surface area contributed by atoms with Crippen LogP contribution in [0.4, 0.5) is 5.95 Å². The summed E-state index contributed by atoms with van der Waals surface area (Å²) in [5.41, 5.74) is -0.0659. The quantitative estimate of drug-likeness (QED) is 0.804. The highest BCUT2D eigenvalue weighted by Crippen LogP contribution is 2.37. The van der Waals surface area contributed by atoms with Crippen molar-refractivity contribution in [3.63, 3.8) is 0 Å². The number of aromatic nitrogens is 3. The van der Waals surface area contributed by atoms with E-state index in [0.29, 0.717) is 19.1 Å². The molecule has 6 nitrogen and oxygen atoms in total. The smallest absolute Gasteiger partial charge is 0.322 e. The summed E-state index contributed by atoms with van der Waals surface area (Å²) < 4.78 is 5.36. The molecular weight excluding hydrogens is 280 g/mol. The second-order valence-electron chi connectivity index (χ2n) is 5.28. The van der Waals surface area contributed by atoms with Crippen molar-refractivity contribution in [2.45, 2.75) is 39.0 Å². The lowest BCUT2D eigenvalue weighted by Gasteiger charge is -2.26. The maximum absolute atomic E-state index is 9.58. The number of ether oxygens (including phenoxy) is 1. The highest BCUT2D eigenvalue weighted by Gasteiger charge is 2.33. The SMILES string of the molecule is CCCOc1nc(Cl)nc(NCC2(CO)CCCC2)n1. The minimum absolute atomic E-state index is 0.0659. The number of nitrogens with zero attached hydrogens (tertiary/aromatic N) is 3. The van der Waals surface area contributed by atoms with Crippen molar-refractivity contribution in [3.8, 4) is 6.01 Å². The van der Waals surface area contributed by atoms with E-state index in [2.05, 4.69) is 20.3 Å². The first kappa shape index (κ1) is 15.3. The third-order valence-corrected chi connectivity index (χ3v) is 3.81. The van der Waals surface area contributed by atoms with Gasteiger partial charge in [-0.25, -0.2) is 0 Å². The van der Waals surface area contributed by atoms with Crippen molar-refractivity contribution in [2.24, 2.45) is 5.41 Å². The van der Waals surface area contributed by atoms with Crippen molar-refractivity contribution in [2.75, 3.05) is 25.1 Å². The highest BCUT2D eigenvalue weighted by molar-refractivity contribution is 6.28. The van der Waals surface area contributed by atoms with Gasteiger partial charge < -0.3 is 15.2 Å². The Morgan fingerprint density at radius 3 is 2.70 bits per heavy atom. The molecule has 7 heteroatoms. The summed E-state index contributed by atoms with van der Waals surface area (Å²) in [6.45, 7) is 3.36. The van der Waals surface area contributed by atoms with Crippen LogP contribution in [0.1, 0.15) is 39.0 Å². The van der Waals surface area contributed by atoms with Gasteiger partial charge in [0, 0.05) is 12.0 Å². The van der Waals surface area contributed by atoms with Crippen LogP contribution < -0.4 is 10.1 Å². The van der Waals surface area contributed by atoms with E-state index >= 15 is 0 Å². The minimum Gasteiger partial charge on any atom is -0.463 e. The molecular formula is C13H21ClN4O2. The average molecular weight is 301 g/mol. The fraction of sp³-hybridized carbons (Fsp3) is 0.769. The van der Waals surface area contributed by atoms with E-state index in [9.17, 15) is 5.11 Å². The van der Waals surface area contributed by atoms with Crippen LogP contribution in [-0.4, -0.2) is 39.8 Å². The molecule has 0 unspecified atom stereocenters. The third-order valence-electron chi connectivity index (χ3n) is 3.64. The van der Waals surface area contributed by atoms with Gasteiger partial charge in [-0.2, -0.15) is 15.0 Å². The molecule has 1 aromatic heterocycles. The third kappa shape index (κ3) is 3.93. The predicted octanol–water partition coefficient (Wildman–Crippen LogP) is 2.28. The molecule has 20 heavy (non-hydrogen) atoms. The van der Waals surface area contributed by atoms with Gasteiger partial charge in [-0.05, 0) is 30.9 Å². The summed E-state index contributed by atoms with van der Waals surface area (Å²) in [5, 5.41) is 12.8. The zero-order valence-corrected chi connectivity index (χ0v) is 12.5. The van der Waals surface area contributed by atoms with Crippen LogP contribution in [0.15, 0.2) is 0 Å². The number of nitrogens with one attached hydrogen (secondary N) is 1. The number of aliphatic hydroxyl groups is 1. The Balaban J connectivity index is 1.99. The molecule has 0 spiro atoms. The summed E-state index contributed by atoms with van der Waals surface area (Å²) >= 11 is 5.86. The summed E-state index contributed by atoms with van der Waals surface area (Å²) in [6, 6.07) is 0.235. The molecule has 0 saturated heterocycles. The molecule has 1 saturated carbocycles. The Bertz CT molecular complexity index is 438. The van der Waals surface area contributed by atoms with Gasteiger partial charge in [-0.15, -0.1) is 0 Å². The van der Waals surface area contributed by atoms with E-state index in [0.717, 1.165) is 32.1 Å². The number of rotatable bonds is 7. The lowest BCUT2D eigenvalue weighted by Crippen LogP contribution is -2.31. The number of halogens is 1. The molecule has 0 radical (unpaired) electrons. The Labute approximate surface area is 123 Å². The largest absolute Gasteiger partial charge is 0.463 e. The van der Waals surface area contributed by atoms with Gasteiger partial charge in [0.05, 0.1) is 13.2 Å². The summed E-state index contributed by atoms with van der Waals surface area (Å²) in [7, 11) is 0. The summed E-state index contributed by atoms with van der Waals surface area (Å²) in [5.74, 6) is 0.399. The second kappa shape index (κ2) is 7.04. The van der Waals surface area contributed by atoms with Gasteiger partial charge in [-0.1, -0.05) is 19.8 Å². The fourth-order valence-electron chi connectivity index (χ4n) is 2.45.